The van der Waals surface area contributed by atoms with Gasteiger partial charge in [-0.2, -0.15) is 5.26 Å². The molecule has 1 fully saturated rings. The van der Waals surface area contributed by atoms with Crippen LogP contribution in [0.15, 0.2) is 24.3 Å². The summed E-state index contributed by atoms with van der Waals surface area (Å²) in [6.07, 6.45) is 3.18. The van der Waals surface area contributed by atoms with E-state index in [9.17, 15) is 9.59 Å². The van der Waals surface area contributed by atoms with Crippen LogP contribution in [-0.4, -0.2) is 48.2 Å². The number of ether oxygens (including phenoxy) is 1. The Hall–Kier alpha value is -2.59. The number of rotatable bonds is 6. The maximum Gasteiger partial charge on any atom is 0.407 e. The standard InChI is InChI=1S/C21H30N4O3/c1-21(2,3)28-20(27)23-15-18-6-4-5-12-25(18)13-11-19(26)24-17-9-7-16(14-22)8-10-17/h7-10,18H,4-6,11-13,15H2,1-3H3,(H,23,27)(H,24,26). The van der Waals surface area contributed by atoms with Crippen molar-refractivity contribution < 1.29 is 14.3 Å². The first kappa shape index (κ1) is 21.7. The van der Waals surface area contributed by atoms with Gasteiger partial charge in [0.15, 0.2) is 0 Å². The molecule has 152 valence electrons. The van der Waals surface area contributed by atoms with E-state index in [1.54, 1.807) is 24.3 Å². The topological polar surface area (TPSA) is 94.5 Å². The summed E-state index contributed by atoms with van der Waals surface area (Å²) >= 11 is 0. The van der Waals surface area contributed by atoms with Crippen LogP contribution in [0.4, 0.5) is 10.5 Å². The van der Waals surface area contributed by atoms with E-state index in [1.165, 1.54) is 0 Å². The molecular formula is C21H30N4O3. The lowest BCUT2D eigenvalue weighted by Gasteiger charge is -2.35. The zero-order valence-corrected chi connectivity index (χ0v) is 17.0. The average molecular weight is 386 g/mol. The van der Waals surface area contributed by atoms with Gasteiger partial charge in [-0.25, -0.2) is 4.79 Å². The number of hydrogen-bond acceptors (Lipinski definition) is 5. The lowest BCUT2D eigenvalue weighted by molar-refractivity contribution is -0.116. The number of nitrogens with zero attached hydrogens (tertiary/aromatic N) is 2. The lowest BCUT2D eigenvalue weighted by atomic mass is 10.0. The summed E-state index contributed by atoms with van der Waals surface area (Å²) in [5.74, 6) is -0.0610. The van der Waals surface area contributed by atoms with E-state index >= 15 is 0 Å². The molecule has 1 atom stereocenters. The minimum atomic E-state index is -0.514. The van der Waals surface area contributed by atoms with E-state index in [4.69, 9.17) is 10.00 Å². The fourth-order valence-electron chi connectivity index (χ4n) is 3.20. The van der Waals surface area contributed by atoms with Gasteiger partial charge in [0.05, 0.1) is 11.6 Å². The summed E-state index contributed by atoms with van der Waals surface area (Å²) in [5.41, 5.74) is 0.734. The molecule has 2 amide bonds. The van der Waals surface area contributed by atoms with Crippen molar-refractivity contribution in [2.45, 2.75) is 58.1 Å². The molecule has 2 N–H and O–H groups in total. The highest BCUT2D eigenvalue weighted by atomic mass is 16.6. The second-order valence-corrected chi connectivity index (χ2v) is 8.06. The number of likely N-dealkylation sites (tertiary alicyclic amines) is 1. The van der Waals surface area contributed by atoms with Crippen LogP contribution in [0.2, 0.25) is 0 Å². The molecule has 28 heavy (non-hydrogen) atoms. The summed E-state index contributed by atoms with van der Waals surface area (Å²) < 4.78 is 5.29. The minimum Gasteiger partial charge on any atom is -0.444 e. The molecule has 1 heterocycles. The number of anilines is 1. The Morgan fingerprint density at radius 1 is 1.25 bits per heavy atom. The van der Waals surface area contributed by atoms with Gasteiger partial charge in [0.1, 0.15) is 5.60 Å². The summed E-state index contributed by atoms with van der Waals surface area (Å²) in [7, 11) is 0. The molecule has 0 aromatic heterocycles. The number of nitrogens with one attached hydrogen (secondary N) is 2. The Kier molecular flexibility index (Phi) is 7.82. The van der Waals surface area contributed by atoms with Crippen molar-refractivity contribution in [3.05, 3.63) is 29.8 Å². The van der Waals surface area contributed by atoms with E-state index in [0.29, 0.717) is 30.8 Å². The first-order valence-corrected chi connectivity index (χ1v) is 9.78. The van der Waals surface area contributed by atoms with E-state index < -0.39 is 11.7 Å². The molecule has 1 aliphatic rings. The molecule has 7 heteroatoms. The fraction of sp³-hybridized carbons (Fsp3) is 0.571. The average Bonchev–Trinajstić information content (AvgIpc) is 2.64. The largest absolute Gasteiger partial charge is 0.444 e. The zero-order valence-electron chi connectivity index (χ0n) is 17.0. The van der Waals surface area contributed by atoms with Gasteiger partial charge >= 0.3 is 6.09 Å². The van der Waals surface area contributed by atoms with Crippen LogP contribution < -0.4 is 10.6 Å². The minimum absolute atomic E-state index is 0.0610. The van der Waals surface area contributed by atoms with Crippen LogP contribution in [0.3, 0.4) is 0 Å². The molecule has 1 aromatic rings. The predicted molar refractivity (Wildman–Crippen MR) is 108 cm³/mol. The number of alkyl carbamates (subject to hydrolysis) is 1. The van der Waals surface area contributed by atoms with Crippen LogP contribution in [0, 0.1) is 11.3 Å². The summed E-state index contributed by atoms with van der Waals surface area (Å²) in [5, 5.41) is 14.5. The third-order valence-electron chi connectivity index (χ3n) is 4.55. The molecule has 1 unspecified atom stereocenters. The number of piperidine rings is 1. The SMILES string of the molecule is CC(C)(C)OC(=O)NCC1CCCCN1CCC(=O)Nc1ccc(C#N)cc1. The predicted octanol–water partition coefficient (Wildman–Crippen LogP) is 3.27. The maximum absolute atomic E-state index is 12.2. The molecule has 7 nitrogen and oxygen atoms in total. The Labute approximate surface area is 167 Å². The van der Waals surface area contributed by atoms with Crippen molar-refractivity contribution in [1.29, 1.82) is 5.26 Å². The lowest BCUT2D eigenvalue weighted by Crippen LogP contribution is -2.48. The number of carbonyl (C=O) groups excluding carboxylic acids is 2. The van der Waals surface area contributed by atoms with Crippen LogP contribution in [0.1, 0.15) is 52.0 Å². The summed E-state index contributed by atoms with van der Waals surface area (Å²) in [4.78, 5) is 26.4. The molecule has 2 rings (SSSR count). The quantitative estimate of drug-likeness (QED) is 0.782. The highest BCUT2D eigenvalue weighted by Gasteiger charge is 2.24. The molecular weight excluding hydrogens is 356 g/mol. The molecule has 0 saturated carbocycles. The van der Waals surface area contributed by atoms with Crippen molar-refractivity contribution in [2.75, 3.05) is 25.0 Å². The van der Waals surface area contributed by atoms with Crippen molar-refractivity contribution in [3.8, 4) is 6.07 Å². The van der Waals surface area contributed by atoms with Gasteiger partial charge in [-0.1, -0.05) is 6.42 Å². The molecule has 1 aromatic carbocycles. The Balaban J connectivity index is 1.79. The van der Waals surface area contributed by atoms with Gasteiger partial charge in [-0.3, -0.25) is 9.69 Å². The zero-order chi connectivity index (χ0) is 20.6. The molecule has 1 aliphatic heterocycles. The first-order chi connectivity index (χ1) is 13.3. The third-order valence-corrected chi connectivity index (χ3v) is 4.55. The fourth-order valence-corrected chi connectivity index (χ4v) is 3.20. The first-order valence-electron chi connectivity index (χ1n) is 9.78. The number of nitriles is 1. The van der Waals surface area contributed by atoms with Gasteiger partial charge < -0.3 is 15.4 Å². The number of benzene rings is 1. The second kappa shape index (κ2) is 10.1. The van der Waals surface area contributed by atoms with E-state index in [-0.39, 0.29) is 11.9 Å². The summed E-state index contributed by atoms with van der Waals surface area (Å²) in [6, 6.07) is 9.08. The number of hydrogen-bond donors (Lipinski definition) is 2. The normalized spacial score (nSPS) is 17.4. The smallest absolute Gasteiger partial charge is 0.407 e. The highest BCUT2D eigenvalue weighted by Crippen LogP contribution is 2.17. The van der Waals surface area contributed by atoms with Gasteiger partial charge in [-0.15, -0.1) is 0 Å². The van der Waals surface area contributed by atoms with Gasteiger partial charge in [0, 0.05) is 31.2 Å². The monoisotopic (exact) mass is 386 g/mol. The summed E-state index contributed by atoms with van der Waals surface area (Å²) in [6.45, 7) is 7.60. The van der Waals surface area contributed by atoms with Crippen molar-refractivity contribution in [2.24, 2.45) is 0 Å². The van der Waals surface area contributed by atoms with Crippen molar-refractivity contribution in [3.63, 3.8) is 0 Å². The van der Waals surface area contributed by atoms with E-state index in [0.717, 1.165) is 25.8 Å². The Morgan fingerprint density at radius 2 is 1.96 bits per heavy atom. The van der Waals surface area contributed by atoms with E-state index in [2.05, 4.69) is 21.6 Å². The number of amides is 2. The van der Waals surface area contributed by atoms with Crippen LogP contribution in [0.5, 0.6) is 0 Å². The Bertz CT molecular complexity index is 704. The van der Waals surface area contributed by atoms with Gasteiger partial charge in [-0.05, 0) is 64.4 Å². The van der Waals surface area contributed by atoms with Gasteiger partial charge in [0.2, 0.25) is 5.91 Å². The maximum atomic E-state index is 12.2. The third kappa shape index (κ3) is 7.57. The highest BCUT2D eigenvalue weighted by molar-refractivity contribution is 5.90. The number of carbonyl (C=O) groups is 2. The molecule has 0 radical (unpaired) electrons. The van der Waals surface area contributed by atoms with Crippen molar-refractivity contribution >= 4 is 17.7 Å². The molecule has 0 spiro atoms. The van der Waals surface area contributed by atoms with Crippen LogP contribution >= 0.6 is 0 Å². The Morgan fingerprint density at radius 3 is 2.61 bits per heavy atom. The van der Waals surface area contributed by atoms with Gasteiger partial charge in [0.25, 0.3) is 0 Å². The second-order valence-electron chi connectivity index (χ2n) is 8.06. The van der Waals surface area contributed by atoms with E-state index in [1.807, 2.05) is 20.8 Å². The van der Waals surface area contributed by atoms with Crippen LogP contribution in [0.25, 0.3) is 0 Å². The van der Waals surface area contributed by atoms with Crippen LogP contribution in [-0.2, 0) is 9.53 Å². The van der Waals surface area contributed by atoms with Crippen molar-refractivity contribution in [1.82, 2.24) is 10.2 Å². The molecule has 1 saturated heterocycles. The molecule has 0 bridgehead atoms. The molecule has 0 aliphatic carbocycles.